The smallest absolute Gasteiger partial charge is 0.272 e. The Morgan fingerprint density at radius 1 is 1.03 bits per heavy atom. The van der Waals surface area contributed by atoms with Crippen LogP contribution in [0.15, 0.2) is 65.7 Å². The first kappa shape index (κ1) is 18.8. The van der Waals surface area contributed by atoms with Crippen LogP contribution in [0.3, 0.4) is 0 Å². The third-order valence-electron chi connectivity index (χ3n) is 4.34. The van der Waals surface area contributed by atoms with Gasteiger partial charge in [-0.2, -0.15) is 0 Å². The highest BCUT2D eigenvalue weighted by Gasteiger charge is 2.18. The molecule has 7 heteroatoms. The van der Waals surface area contributed by atoms with E-state index in [9.17, 15) is 9.59 Å². The van der Waals surface area contributed by atoms with Crippen LogP contribution in [0.2, 0.25) is 0 Å². The van der Waals surface area contributed by atoms with E-state index in [2.05, 4.69) is 10.6 Å². The minimum absolute atomic E-state index is 0.151. The standard InChI is InChI=1S/C22H18N2O4S/c1-14-5-2-3-7-17(14)21(25)24-18(12-16-6-4-10-29-16)22(26)23-15-8-9-19-20(11-15)28-13-27-19/h2-12H,13H2,1H3,(H,23,26)(H,24,25)/b18-12-. The molecule has 0 saturated carbocycles. The van der Waals surface area contributed by atoms with Crippen LogP contribution in [0, 0.1) is 6.92 Å². The van der Waals surface area contributed by atoms with Crippen LogP contribution >= 0.6 is 11.3 Å². The number of carbonyl (C=O) groups excluding carboxylic acids is 2. The molecule has 0 radical (unpaired) electrons. The van der Waals surface area contributed by atoms with E-state index in [1.165, 1.54) is 11.3 Å². The van der Waals surface area contributed by atoms with Crippen LogP contribution in [0.25, 0.3) is 6.08 Å². The molecule has 0 spiro atoms. The van der Waals surface area contributed by atoms with Gasteiger partial charge in [0.2, 0.25) is 6.79 Å². The van der Waals surface area contributed by atoms with Crippen molar-refractivity contribution in [3.05, 3.63) is 81.7 Å². The van der Waals surface area contributed by atoms with Gasteiger partial charge >= 0.3 is 0 Å². The SMILES string of the molecule is Cc1ccccc1C(=O)N/C(=C\c1cccs1)C(=O)Nc1ccc2c(c1)OCO2. The molecule has 2 amide bonds. The summed E-state index contributed by atoms with van der Waals surface area (Å²) in [5.41, 5.74) is 2.04. The van der Waals surface area contributed by atoms with E-state index in [1.807, 2.05) is 36.6 Å². The van der Waals surface area contributed by atoms with Gasteiger partial charge in [0.25, 0.3) is 11.8 Å². The zero-order valence-corrected chi connectivity index (χ0v) is 16.4. The summed E-state index contributed by atoms with van der Waals surface area (Å²) < 4.78 is 10.6. The van der Waals surface area contributed by atoms with Crippen molar-refractivity contribution in [3.8, 4) is 11.5 Å². The maximum atomic E-state index is 12.9. The van der Waals surface area contributed by atoms with Gasteiger partial charge in [-0.05, 0) is 48.2 Å². The van der Waals surface area contributed by atoms with Crippen molar-refractivity contribution in [2.75, 3.05) is 12.1 Å². The predicted octanol–water partition coefficient (Wildman–Crippen LogP) is 4.19. The molecule has 146 valence electrons. The van der Waals surface area contributed by atoms with Crippen molar-refractivity contribution >= 4 is 34.9 Å². The minimum atomic E-state index is -0.431. The molecule has 2 heterocycles. The van der Waals surface area contributed by atoms with Crippen LogP contribution in [-0.2, 0) is 4.79 Å². The number of ether oxygens (including phenoxy) is 2. The number of amides is 2. The number of anilines is 1. The fraction of sp³-hybridized carbons (Fsp3) is 0.0909. The molecule has 0 aliphatic carbocycles. The average Bonchev–Trinajstić information content (AvgIpc) is 3.39. The van der Waals surface area contributed by atoms with E-state index in [0.29, 0.717) is 22.7 Å². The Bertz CT molecular complexity index is 1090. The van der Waals surface area contributed by atoms with Crippen molar-refractivity contribution in [3.63, 3.8) is 0 Å². The van der Waals surface area contributed by atoms with Gasteiger partial charge in [0.15, 0.2) is 11.5 Å². The number of carbonyl (C=O) groups is 2. The van der Waals surface area contributed by atoms with E-state index in [4.69, 9.17) is 9.47 Å². The molecule has 0 bridgehead atoms. The van der Waals surface area contributed by atoms with Gasteiger partial charge in [0.1, 0.15) is 5.70 Å². The molecule has 0 saturated heterocycles. The summed E-state index contributed by atoms with van der Waals surface area (Å²) in [6, 6.07) is 16.1. The first-order chi connectivity index (χ1) is 14.1. The molecule has 1 aromatic heterocycles. The summed E-state index contributed by atoms with van der Waals surface area (Å²) in [5.74, 6) is 0.423. The number of fused-ring (bicyclic) bond motifs is 1. The highest BCUT2D eigenvalue weighted by Crippen LogP contribution is 2.34. The summed E-state index contributed by atoms with van der Waals surface area (Å²) in [7, 11) is 0. The van der Waals surface area contributed by atoms with E-state index < -0.39 is 5.91 Å². The number of benzene rings is 2. The average molecular weight is 406 g/mol. The van der Waals surface area contributed by atoms with Gasteiger partial charge in [0.05, 0.1) is 0 Å². The van der Waals surface area contributed by atoms with Crippen LogP contribution in [0.1, 0.15) is 20.8 Å². The fourth-order valence-corrected chi connectivity index (χ4v) is 3.52. The lowest BCUT2D eigenvalue weighted by atomic mass is 10.1. The molecule has 0 unspecified atom stereocenters. The molecular weight excluding hydrogens is 388 g/mol. The Balaban J connectivity index is 1.58. The van der Waals surface area contributed by atoms with Crippen molar-refractivity contribution < 1.29 is 19.1 Å². The number of hydrogen-bond donors (Lipinski definition) is 2. The number of thiophene rings is 1. The number of hydrogen-bond acceptors (Lipinski definition) is 5. The third kappa shape index (κ3) is 4.30. The van der Waals surface area contributed by atoms with Gasteiger partial charge in [-0.25, -0.2) is 0 Å². The van der Waals surface area contributed by atoms with Crippen LogP contribution < -0.4 is 20.1 Å². The Morgan fingerprint density at radius 2 is 1.86 bits per heavy atom. The van der Waals surface area contributed by atoms with Crippen LogP contribution in [0.5, 0.6) is 11.5 Å². The largest absolute Gasteiger partial charge is 0.454 e. The Labute approximate surface area is 171 Å². The van der Waals surface area contributed by atoms with E-state index in [1.54, 1.807) is 36.4 Å². The maximum Gasteiger partial charge on any atom is 0.272 e. The Morgan fingerprint density at radius 3 is 2.66 bits per heavy atom. The van der Waals surface area contributed by atoms with Gasteiger partial charge < -0.3 is 20.1 Å². The van der Waals surface area contributed by atoms with Gasteiger partial charge in [-0.3, -0.25) is 9.59 Å². The number of rotatable bonds is 5. The lowest BCUT2D eigenvalue weighted by molar-refractivity contribution is -0.113. The van der Waals surface area contributed by atoms with E-state index >= 15 is 0 Å². The molecular formula is C22H18N2O4S. The molecule has 2 N–H and O–H groups in total. The Kier molecular flexibility index (Phi) is 5.31. The summed E-state index contributed by atoms with van der Waals surface area (Å²) >= 11 is 1.47. The second-order valence-electron chi connectivity index (χ2n) is 6.36. The second-order valence-corrected chi connectivity index (χ2v) is 7.34. The monoisotopic (exact) mass is 406 g/mol. The first-order valence-electron chi connectivity index (χ1n) is 8.93. The van der Waals surface area contributed by atoms with E-state index in [-0.39, 0.29) is 18.4 Å². The van der Waals surface area contributed by atoms with Gasteiger partial charge in [-0.15, -0.1) is 11.3 Å². The molecule has 4 rings (SSSR count). The van der Waals surface area contributed by atoms with Gasteiger partial charge in [-0.1, -0.05) is 24.3 Å². The highest BCUT2D eigenvalue weighted by molar-refractivity contribution is 7.10. The fourth-order valence-electron chi connectivity index (χ4n) is 2.86. The lowest BCUT2D eigenvalue weighted by Gasteiger charge is -2.12. The molecule has 0 fully saturated rings. The summed E-state index contributed by atoms with van der Waals surface area (Å²) in [4.78, 5) is 26.5. The van der Waals surface area contributed by atoms with E-state index in [0.717, 1.165) is 10.4 Å². The maximum absolute atomic E-state index is 12.9. The van der Waals surface area contributed by atoms with Crippen LogP contribution in [-0.4, -0.2) is 18.6 Å². The summed E-state index contributed by atoms with van der Waals surface area (Å²) in [6.07, 6.45) is 1.66. The summed E-state index contributed by atoms with van der Waals surface area (Å²) in [6.45, 7) is 2.01. The topological polar surface area (TPSA) is 76.7 Å². The van der Waals surface area contributed by atoms with Crippen molar-refractivity contribution in [1.29, 1.82) is 0 Å². The normalized spacial score (nSPS) is 12.5. The molecule has 3 aromatic rings. The molecule has 0 atom stereocenters. The summed E-state index contributed by atoms with van der Waals surface area (Å²) in [5, 5.41) is 7.45. The minimum Gasteiger partial charge on any atom is -0.454 e. The highest BCUT2D eigenvalue weighted by atomic mass is 32.1. The molecule has 6 nitrogen and oxygen atoms in total. The van der Waals surface area contributed by atoms with Gasteiger partial charge in [0, 0.05) is 22.2 Å². The number of nitrogens with one attached hydrogen (secondary N) is 2. The zero-order chi connectivity index (χ0) is 20.2. The second kappa shape index (κ2) is 8.20. The first-order valence-corrected chi connectivity index (χ1v) is 9.81. The third-order valence-corrected chi connectivity index (χ3v) is 5.16. The predicted molar refractivity (Wildman–Crippen MR) is 112 cm³/mol. The Hall–Kier alpha value is -3.58. The number of aryl methyl sites for hydroxylation is 1. The van der Waals surface area contributed by atoms with Crippen molar-refractivity contribution in [2.45, 2.75) is 6.92 Å². The molecule has 29 heavy (non-hydrogen) atoms. The molecule has 1 aliphatic rings. The van der Waals surface area contributed by atoms with Crippen molar-refractivity contribution in [1.82, 2.24) is 5.32 Å². The quantitative estimate of drug-likeness (QED) is 0.623. The lowest BCUT2D eigenvalue weighted by Crippen LogP contribution is -2.31. The zero-order valence-electron chi connectivity index (χ0n) is 15.6. The van der Waals surface area contributed by atoms with Crippen LogP contribution in [0.4, 0.5) is 5.69 Å². The molecule has 2 aromatic carbocycles. The van der Waals surface area contributed by atoms with Crippen molar-refractivity contribution in [2.24, 2.45) is 0 Å². The molecule has 1 aliphatic heterocycles.